The minimum absolute atomic E-state index is 0.0477. The molecule has 3 aromatic rings. The van der Waals surface area contributed by atoms with Crippen molar-refractivity contribution in [2.75, 3.05) is 18.0 Å². The van der Waals surface area contributed by atoms with Crippen molar-refractivity contribution in [1.82, 2.24) is 5.32 Å². The maximum Gasteiger partial charge on any atom is 0.416 e. The number of furan rings is 1. The number of rotatable bonds is 5. The molecule has 4 nitrogen and oxygen atoms in total. The SMILES string of the molecule is C[C@@H](NC(=O)CC1CCN(c2cccc(C(F)(F)F)c2)C1)c1cc2cc(F)ccc2o1. The Bertz CT molecular complexity index is 1090. The van der Waals surface area contributed by atoms with Crippen molar-refractivity contribution in [1.29, 1.82) is 0 Å². The van der Waals surface area contributed by atoms with Crippen molar-refractivity contribution in [3.05, 3.63) is 65.7 Å². The summed E-state index contributed by atoms with van der Waals surface area (Å²) in [5, 5.41) is 3.52. The number of halogens is 4. The number of anilines is 1. The van der Waals surface area contributed by atoms with E-state index in [-0.39, 0.29) is 30.1 Å². The summed E-state index contributed by atoms with van der Waals surface area (Å²) in [5.41, 5.74) is 0.386. The van der Waals surface area contributed by atoms with E-state index >= 15 is 0 Å². The van der Waals surface area contributed by atoms with Crippen LogP contribution in [0, 0.1) is 11.7 Å². The highest BCUT2D eigenvalue weighted by atomic mass is 19.4. The van der Waals surface area contributed by atoms with Gasteiger partial charge in [-0.1, -0.05) is 6.07 Å². The van der Waals surface area contributed by atoms with E-state index in [0.717, 1.165) is 18.6 Å². The molecule has 0 aliphatic carbocycles. The van der Waals surface area contributed by atoms with Crippen LogP contribution in [0.4, 0.5) is 23.2 Å². The second-order valence-electron chi connectivity index (χ2n) is 7.97. The van der Waals surface area contributed by atoms with Gasteiger partial charge < -0.3 is 14.6 Å². The smallest absolute Gasteiger partial charge is 0.416 e. The van der Waals surface area contributed by atoms with Gasteiger partial charge in [0.05, 0.1) is 11.6 Å². The molecule has 2 heterocycles. The summed E-state index contributed by atoms with van der Waals surface area (Å²) < 4.78 is 57.9. The molecule has 164 valence electrons. The third-order valence-corrected chi connectivity index (χ3v) is 5.60. The molecule has 2 atom stereocenters. The monoisotopic (exact) mass is 434 g/mol. The van der Waals surface area contributed by atoms with Crippen molar-refractivity contribution < 1.29 is 26.8 Å². The molecule has 8 heteroatoms. The number of amides is 1. The summed E-state index contributed by atoms with van der Waals surface area (Å²) in [5.74, 6) is 0.0654. The largest absolute Gasteiger partial charge is 0.459 e. The first-order valence-corrected chi connectivity index (χ1v) is 10.1. The van der Waals surface area contributed by atoms with Crippen LogP contribution in [-0.4, -0.2) is 19.0 Å². The van der Waals surface area contributed by atoms with Crippen LogP contribution in [0.1, 0.15) is 37.1 Å². The van der Waals surface area contributed by atoms with Gasteiger partial charge in [-0.05, 0) is 61.7 Å². The number of benzene rings is 2. The van der Waals surface area contributed by atoms with Gasteiger partial charge >= 0.3 is 6.18 Å². The zero-order valence-electron chi connectivity index (χ0n) is 16.9. The van der Waals surface area contributed by atoms with E-state index in [0.29, 0.717) is 35.5 Å². The number of fused-ring (bicyclic) bond motifs is 1. The molecule has 1 aromatic heterocycles. The van der Waals surface area contributed by atoms with Gasteiger partial charge in [-0.3, -0.25) is 4.79 Å². The summed E-state index contributed by atoms with van der Waals surface area (Å²) in [6.07, 6.45) is -3.38. The summed E-state index contributed by atoms with van der Waals surface area (Å²) in [6, 6.07) is 10.8. The lowest BCUT2D eigenvalue weighted by molar-refractivity contribution is -0.137. The average molecular weight is 434 g/mol. The molecule has 1 saturated heterocycles. The standard InChI is InChI=1S/C23H22F4N2O2/c1-14(21-11-16-10-18(24)5-6-20(16)31-21)28-22(30)9-15-7-8-29(13-15)19-4-2-3-17(12-19)23(25,26)27/h2-6,10-12,14-15H,7-9,13H2,1H3,(H,28,30)/t14-,15?/m1/s1. The summed E-state index contributed by atoms with van der Waals surface area (Å²) in [6.45, 7) is 2.91. The van der Waals surface area contributed by atoms with Gasteiger partial charge in [0.2, 0.25) is 5.91 Å². The third-order valence-electron chi connectivity index (χ3n) is 5.60. The normalized spacial score (nSPS) is 17.8. The minimum Gasteiger partial charge on any atom is -0.459 e. The first-order chi connectivity index (χ1) is 14.7. The topological polar surface area (TPSA) is 45.5 Å². The summed E-state index contributed by atoms with van der Waals surface area (Å²) in [4.78, 5) is 14.4. The van der Waals surface area contributed by atoms with Crippen LogP contribution in [0.15, 0.2) is 52.9 Å². The molecule has 1 aliphatic rings. The first kappa shape index (κ1) is 21.2. The van der Waals surface area contributed by atoms with E-state index < -0.39 is 11.7 Å². The van der Waals surface area contributed by atoms with Crippen molar-refractivity contribution in [2.24, 2.45) is 5.92 Å². The number of hydrogen-bond donors (Lipinski definition) is 1. The molecule has 31 heavy (non-hydrogen) atoms. The van der Waals surface area contributed by atoms with E-state index in [1.807, 2.05) is 4.90 Å². The van der Waals surface area contributed by atoms with Crippen molar-refractivity contribution in [3.63, 3.8) is 0 Å². The fourth-order valence-electron chi connectivity index (χ4n) is 3.99. The van der Waals surface area contributed by atoms with Crippen LogP contribution in [-0.2, 0) is 11.0 Å². The first-order valence-electron chi connectivity index (χ1n) is 10.1. The van der Waals surface area contributed by atoms with Crippen LogP contribution >= 0.6 is 0 Å². The quantitative estimate of drug-likeness (QED) is 0.525. The predicted octanol–water partition coefficient (Wildman–Crippen LogP) is 5.68. The molecule has 0 spiro atoms. The molecule has 1 aliphatic heterocycles. The maximum atomic E-state index is 13.3. The molecule has 0 saturated carbocycles. The van der Waals surface area contributed by atoms with Gasteiger partial charge in [-0.25, -0.2) is 4.39 Å². The number of nitrogens with one attached hydrogen (secondary N) is 1. The highest BCUT2D eigenvalue weighted by molar-refractivity contribution is 5.79. The maximum absolute atomic E-state index is 13.3. The van der Waals surface area contributed by atoms with Crippen LogP contribution < -0.4 is 10.2 Å². The van der Waals surface area contributed by atoms with Gasteiger partial charge in [-0.2, -0.15) is 13.2 Å². The zero-order valence-corrected chi connectivity index (χ0v) is 16.9. The van der Waals surface area contributed by atoms with Crippen molar-refractivity contribution in [2.45, 2.75) is 32.0 Å². The number of nitrogens with zero attached hydrogens (tertiary/aromatic N) is 1. The van der Waals surface area contributed by atoms with Crippen LogP contribution in [0.2, 0.25) is 0 Å². The van der Waals surface area contributed by atoms with Crippen molar-refractivity contribution in [3.8, 4) is 0 Å². The Labute approximate surface area is 176 Å². The lowest BCUT2D eigenvalue weighted by Gasteiger charge is -2.20. The van der Waals surface area contributed by atoms with Gasteiger partial charge in [-0.15, -0.1) is 0 Å². The number of alkyl halides is 3. The van der Waals surface area contributed by atoms with Gasteiger partial charge in [0, 0.05) is 30.6 Å². The molecular formula is C23H22F4N2O2. The van der Waals surface area contributed by atoms with E-state index in [9.17, 15) is 22.4 Å². The Balaban J connectivity index is 1.34. The van der Waals surface area contributed by atoms with Crippen LogP contribution in [0.25, 0.3) is 11.0 Å². The Hall–Kier alpha value is -3.03. The van der Waals surface area contributed by atoms with E-state index in [1.165, 1.54) is 18.2 Å². The van der Waals surface area contributed by atoms with Crippen LogP contribution in [0.5, 0.6) is 0 Å². The zero-order chi connectivity index (χ0) is 22.2. The molecule has 1 amide bonds. The number of carbonyl (C=O) groups excluding carboxylic acids is 1. The van der Waals surface area contributed by atoms with Gasteiger partial charge in [0.1, 0.15) is 17.2 Å². The molecule has 2 aromatic carbocycles. The van der Waals surface area contributed by atoms with Gasteiger partial charge in [0.15, 0.2) is 0 Å². The number of carbonyl (C=O) groups is 1. The van der Waals surface area contributed by atoms with E-state index in [2.05, 4.69) is 5.32 Å². The summed E-state index contributed by atoms with van der Waals surface area (Å²) >= 11 is 0. The highest BCUT2D eigenvalue weighted by Gasteiger charge is 2.32. The molecular weight excluding hydrogens is 412 g/mol. The lowest BCUT2D eigenvalue weighted by Crippen LogP contribution is -2.29. The lowest BCUT2D eigenvalue weighted by atomic mass is 10.0. The van der Waals surface area contributed by atoms with Gasteiger partial charge in [0.25, 0.3) is 0 Å². The predicted molar refractivity (Wildman–Crippen MR) is 109 cm³/mol. The van der Waals surface area contributed by atoms with E-state index in [1.54, 1.807) is 25.1 Å². The van der Waals surface area contributed by atoms with Crippen LogP contribution in [0.3, 0.4) is 0 Å². The summed E-state index contributed by atoms with van der Waals surface area (Å²) in [7, 11) is 0. The average Bonchev–Trinajstić information content (AvgIpc) is 3.34. The molecule has 1 N–H and O–H groups in total. The molecule has 0 bridgehead atoms. The Morgan fingerprint density at radius 3 is 2.81 bits per heavy atom. The fourth-order valence-corrected chi connectivity index (χ4v) is 3.99. The Kier molecular flexibility index (Phi) is 5.64. The Morgan fingerprint density at radius 2 is 2.03 bits per heavy atom. The van der Waals surface area contributed by atoms with E-state index in [4.69, 9.17) is 4.42 Å². The fraction of sp³-hybridized carbons (Fsp3) is 0.348. The molecule has 0 radical (unpaired) electrons. The number of hydrogen-bond acceptors (Lipinski definition) is 3. The third kappa shape index (κ3) is 4.84. The highest BCUT2D eigenvalue weighted by Crippen LogP contribution is 2.33. The second-order valence-corrected chi connectivity index (χ2v) is 7.97. The molecule has 1 fully saturated rings. The minimum atomic E-state index is -4.38. The second kappa shape index (κ2) is 8.24. The Morgan fingerprint density at radius 1 is 1.23 bits per heavy atom. The molecule has 1 unspecified atom stereocenters. The van der Waals surface area contributed by atoms with Crippen molar-refractivity contribution >= 4 is 22.6 Å². The molecule has 4 rings (SSSR count).